The van der Waals surface area contributed by atoms with Crippen LogP contribution in [0.5, 0.6) is 0 Å². The topological polar surface area (TPSA) is 316 Å². The average Bonchev–Trinajstić information content (AvgIpc) is 4.03. The number of nitrogens with one attached hydrogen (secondary N) is 1. The molecule has 1 aliphatic carbocycles. The van der Waals surface area contributed by atoms with Crippen molar-refractivity contribution in [3.05, 3.63) is 70.1 Å². The van der Waals surface area contributed by atoms with Gasteiger partial charge in [0.2, 0.25) is 65.0 Å². The van der Waals surface area contributed by atoms with Crippen LogP contribution in [-0.2, 0) is 67.0 Å². The SMILES string of the molecule is CN(CC(=O)NCCOCCN=[N+]=[N-])C(=O)CN(C)C(=O)CN(C)C(=O)CN(C)C(=O)CN(C)C(=O)CN(C)C(=O)CN(C)C(=O)CN(C)C(=O)CN(C)C(=O)CN(C)C(=O)CCCC(=O)OCC1c2ccccc2-c2ccccc21. The molecule has 0 saturated carbocycles. The summed E-state index contributed by atoms with van der Waals surface area (Å²) in [6.45, 7) is -3.39. The van der Waals surface area contributed by atoms with Crippen molar-refractivity contribution in [1.29, 1.82) is 0 Å². The highest BCUT2D eigenvalue weighted by Crippen LogP contribution is 2.44. The average molecular weight is 1130 g/mol. The number of amides is 11. The Hall–Kier alpha value is -8.65. The highest BCUT2D eigenvalue weighted by Gasteiger charge is 2.30. The number of ether oxygens (including phenoxy) is 2. The van der Waals surface area contributed by atoms with Crippen molar-refractivity contribution in [2.45, 2.75) is 25.2 Å². The maximum absolute atomic E-state index is 13.0. The van der Waals surface area contributed by atoms with Crippen LogP contribution >= 0.6 is 0 Å². The number of carbonyl (C=O) groups is 12. The predicted octanol–water partition coefficient (Wildman–Crippen LogP) is -1.46. The smallest absolute Gasteiger partial charge is 0.305 e. The van der Waals surface area contributed by atoms with E-state index < -0.39 is 117 Å². The number of azide groups is 1. The molecule has 0 atom stereocenters. The molecule has 1 aliphatic rings. The number of hydrogen-bond donors (Lipinski definition) is 1. The van der Waals surface area contributed by atoms with Crippen LogP contribution in [0.1, 0.15) is 36.3 Å². The largest absolute Gasteiger partial charge is 0.465 e. The summed E-state index contributed by atoms with van der Waals surface area (Å²) in [5.41, 5.74) is 12.6. The molecular weight excluding hydrogens is 1060 g/mol. The van der Waals surface area contributed by atoms with Crippen LogP contribution in [0.3, 0.4) is 0 Å². The molecule has 0 fully saturated rings. The number of likely N-dealkylation sites (N-methyl/N-ethyl adjacent to an activating group) is 10. The van der Waals surface area contributed by atoms with E-state index in [1.165, 1.54) is 75.4 Å². The Bertz CT molecular complexity index is 2620. The summed E-state index contributed by atoms with van der Waals surface area (Å²) >= 11 is 0. The number of esters is 1. The van der Waals surface area contributed by atoms with Crippen LogP contribution in [0.4, 0.5) is 0 Å². The normalized spacial score (nSPS) is 11.1. The highest BCUT2D eigenvalue weighted by molar-refractivity contribution is 5.94. The molecule has 442 valence electrons. The van der Waals surface area contributed by atoms with Crippen LogP contribution < -0.4 is 5.32 Å². The van der Waals surface area contributed by atoms with Crippen LogP contribution in [0.2, 0.25) is 0 Å². The van der Waals surface area contributed by atoms with Crippen molar-refractivity contribution < 1.29 is 67.0 Å². The van der Waals surface area contributed by atoms with E-state index in [9.17, 15) is 57.5 Å². The Morgan fingerprint density at radius 3 is 1.12 bits per heavy atom. The van der Waals surface area contributed by atoms with Gasteiger partial charge in [0.05, 0.1) is 78.7 Å². The Morgan fingerprint density at radius 2 is 0.778 bits per heavy atom. The molecule has 81 heavy (non-hydrogen) atoms. The number of hydrogen-bond acceptors (Lipinski definition) is 15. The van der Waals surface area contributed by atoms with Gasteiger partial charge in [0.25, 0.3) is 0 Å². The van der Waals surface area contributed by atoms with Gasteiger partial charge in [0, 0.05) is 107 Å². The standard InChI is InChI=1S/C53H76N14O14/c1-58(26-42(68)55-22-24-80-25-23-56-57-54)44(70)28-60(3)46(72)30-62(5)48(74)32-64(7)50(76)34-66(9)52(78)35-67(10)51(77)33-65(8)49(75)31-63(6)47(73)29-61(4)45(71)27-59(2)43(69)20-15-21-53(79)81-36-41-39-18-13-11-16-37(39)38-17-12-14-19-40(38)41/h11-14,16-19,41H,15,20-36H2,1-10H3,(H,55,68). The highest BCUT2D eigenvalue weighted by atomic mass is 16.5. The molecule has 11 amide bonds. The number of carbonyl (C=O) groups excluding carboxylic acids is 12. The van der Waals surface area contributed by atoms with Gasteiger partial charge in [-0.25, -0.2) is 0 Å². The zero-order chi connectivity index (χ0) is 60.5. The molecule has 0 aliphatic heterocycles. The monoisotopic (exact) mass is 1130 g/mol. The van der Waals surface area contributed by atoms with Crippen LogP contribution in [0, 0.1) is 0 Å². The molecule has 28 nitrogen and oxygen atoms in total. The molecular formula is C53H76N14O14. The van der Waals surface area contributed by atoms with Gasteiger partial charge in [-0.3, -0.25) is 57.5 Å². The summed E-state index contributed by atoms with van der Waals surface area (Å²) in [6, 6.07) is 16.0. The first kappa shape index (κ1) is 66.6. The maximum Gasteiger partial charge on any atom is 0.305 e. The van der Waals surface area contributed by atoms with Gasteiger partial charge in [0.1, 0.15) is 6.61 Å². The van der Waals surface area contributed by atoms with Crippen molar-refractivity contribution in [3.63, 3.8) is 0 Å². The number of rotatable bonds is 32. The lowest BCUT2D eigenvalue weighted by Crippen LogP contribution is -2.49. The maximum atomic E-state index is 13.0. The molecule has 1 N–H and O–H groups in total. The number of benzene rings is 2. The summed E-state index contributed by atoms with van der Waals surface area (Å²) in [4.78, 5) is 168. The molecule has 28 heteroatoms. The third-order valence-corrected chi connectivity index (χ3v) is 13.1. The third-order valence-electron chi connectivity index (χ3n) is 13.1. The van der Waals surface area contributed by atoms with Crippen molar-refractivity contribution in [2.24, 2.45) is 5.11 Å². The Labute approximate surface area is 471 Å². The summed E-state index contributed by atoms with van der Waals surface area (Å²) < 4.78 is 10.8. The molecule has 0 radical (unpaired) electrons. The van der Waals surface area contributed by atoms with E-state index in [4.69, 9.17) is 15.0 Å². The fraction of sp³-hybridized carbons (Fsp3) is 0.547. The van der Waals surface area contributed by atoms with Gasteiger partial charge < -0.3 is 63.8 Å². The first-order valence-electron chi connectivity index (χ1n) is 25.8. The molecule has 0 unspecified atom stereocenters. The minimum Gasteiger partial charge on any atom is -0.465 e. The van der Waals surface area contributed by atoms with Crippen molar-refractivity contribution >= 4 is 70.9 Å². The number of nitrogens with zero attached hydrogens (tertiary/aromatic N) is 13. The predicted molar refractivity (Wildman–Crippen MR) is 293 cm³/mol. The van der Waals surface area contributed by atoms with Gasteiger partial charge in [-0.1, -0.05) is 53.6 Å². The second-order valence-electron chi connectivity index (χ2n) is 19.7. The lowest BCUT2D eigenvalue weighted by atomic mass is 9.98. The second kappa shape index (κ2) is 33.1. The van der Waals surface area contributed by atoms with Crippen LogP contribution in [0.25, 0.3) is 21.6 Å². The molecule has 2 aromatic rings. The van der Waals surface area contributed by atoms with Gasteiger partial charge in [-0.05, 0) is 34.2 Å². The molecule has 0 aromatic heterocycles. The molecule has 0 spiro atoms. The minimum atomic E-state index is -0.643. The lowest BCUT2D eigenvalue weighted by molar-refractivity contribution is -0.146. The molecule has 0 saturated heterocycles. The van der Waals surface area contributed by atoms with E-state index >= 15 is 0 Å². The second-order valence-corrected chi connectivity index (χ2v) is 19.7. The summed E-state index contributed by atoms with van der Waals surface area (Å²) in [5.74, 6) is -6.86. The van der Waals surface area contributed by atoms with E-state index in [2.05, 4.69) is 15.3 Å². The summed E-state index contributed by atoms with van der Waals surface area (Å²) in [7, 11) is 13.5. The van der Waals surface area contributed by atoms with Crippen molar-refractivity contribution in [3.8, 4) is 11.1 Å². The first-order chi connectivity index (χ1) is 38.2. The zero-order valence-electron chi connectivity index (χ0n) is 48.0. The molecule has 3 rings (SSSR count). The minimum absolute atomic E-state index is 0.00808. The zero-order valence-corrected chi connectivity index (χ0v) is 48.0. The quantitative estimate of drug-likeness (QED) is 0.0288. The lowest BCUT2D eigenvalue weighted by Gasteiger charge is -2.27. The fourth-order valence-electron chi connectivity index (χ4n) is 7.84. The van der Waals surface area contributed by atoms with E-state index in [0.717, 1.165) is 66.4 Å². The van der Waals surface area contributed by atoms with E-state index in [1.54, 1.807) is 0 Å². The van der Waals surface area contributed by atoms with E-state index in [1.807, 2.05) is 48.5 Å². The summed E-state index contributed by atoms with van der Waals surface area (Å²) in [6.07, 6.45) is 0.201. The van der Waals surface area contributed by atoms with Crippen LogP contribution in [0.15, 0.2) is 53.6 Å². The van der Waals surface area contributed by atoms with E-state index in [0.29, 0.717) is 0 Å². The first-order valence-corrected chi connectivity index (χ1v) is 25.8. The Morgan fingerprint density at radius 1 is 0.457 bits per heavy atom. The number of fused-ring (bicyclic) bond motifs is 3. The fourth-order valence-corrected chi connectivity index (χ4v) is 7.84. The van der Waals surface area contributed by atoms with Gasteiger partial charge >= 0.3 is 5.97 Å². The molecule has 0 bridgehead atoms. The van der Waals surface area contributed by atoms with E-state index in [-0.39, 0.29) is 77.1 Å². The van der Waals surface area contributed by atoms with Crippen LogP contribution in [-0.4, -0.2) is 289 Å². The molecule has 2 aromatic carbocycles. The van der Waals surface area contributed by atoms with Crippen molar-refractivity contribution in [2.75, 3.05) is 169 Å². The van der Waals surface area contributed by atoms with Gasteiger partial charge in [0.15, 0.2) is 0 Å². The Balaban J connectivity index is 1.31. The van der Waals surface area contributed by atoms with Crippen molar-refractivity contribution in [1.82, 2.24) is 54.3 Å². The summed E-state index contributed by atoms with van der Waals surface area (Å²) in [5, 5.41) is 5.89. The van der Waals surface area contributed by atoms with Gasteiger partial charge in [-0.15, -0.1) is 0 Å². The third kappa shape index (κ3) is 21.8. The van der Waals surface area contributed by atoms with Gasteiger partial charge in [-0.2, -0.15) is 0 Å². The Kier molecular flexibility index (Phi) is 27.2. The molecule has 0 heterocycles.